The van der Waals surface area contributed by atoms with E-state index >= 15 is 0 Å². The van der Waals surface area contributed by atoms with Crippen molar-refractivity contribution in [3.63, 3.8) is 0 Å². The molecule has 1 aliphatic heterocycles. The summed E-state index contributed by atoms with van der Waals surface area (Å²) in [5, 5.41) is 7.05. The highest BCUT2D eigenvalue weighted by atomic mass is 32.1. The fraction of sp³-hybridized carbons (Fsp3) is 0.188. The van der Waals surface area contributed by atoms with Crippen LogP contribution in [0.25, 0.3) is 0 Å². The molecule has 0 radical (unpaired) electrons. The minimum absolute atomic E-state index is 0.143. The average molecular weight is 371 g/mol. The van der Waals surface area contributed by atoms with Crippen LogP contribution in [-0.4, -0.2) is 38.2 Å². The standard InChI is InChI=1S/C16H13N5O2S2/c22-14(10-2-6-24-9-10)20-16-19-11-1-5-21(8-13(11)25-16)15(23)12-7-17-3-4-18-12/h2-4,6-7,9H,1,5,8H2,(H,19,20,22). The molecule has 0 unspecified atom stereocenters. The molecule has 9 heteroatoms. The highest BCUT2D eigenvalue weighted by Gasteiger charge is 2.26. The summed E-state index contributed by atoms with van der Waals surface area (Å²) in [4.78, 5) is 39.8. The third-order valence-electron chi connectivity index (χ3n) is 3.80. The Morgan fingerprint density at radius 1 is 1.28 bits per heavy atom. The molecule has 0 aromatic carbocycles. The van der Waals surface area contributed by atoms with Crippen LogP contribution in [-0.2, 0) is 13.0 Å². The summed E-state index contributed by atoms with van der Waals surface area (Å²) in [6.45, 7) is 1.04. The molecular formula is C16H13N5O2S2. The van der Waals surface area contributed by atoms with Gasteiger partial charge in [0, 0.05) is 35.6 Å². The van der Waals surface area contributed by atoms with Crippen LogP contribution < -0.4 is 5.32 Å². The fourth-order valence-electron chi connectivity index (χ4n) is 2.56. The van der Waals surface area contributed by atoms with E-state index in [2.05, 4.69) is 20.3 Å². The summed E-state index contributed by atoms with van der Waals surface area (Å²) in [7, 11) is 0. The van der Waals surface area contributed by atoms with E-state index in [9.17, 15) is 9.59 Å². The lowest BCUT2D eigenvalue weighted by Gasteiger charge is -2.25. The molecule has 0 aliphatic carbocycles. The molecule has 0 atom stereocenters. The maximum absolute atomic E-state index is 12.5. The van der Waals surface area contributed by atoms with Crippen LogP contribution in [0.4, 0.5) is 5.13 Å². The molecule has 3 aromatic heterocycles. The Bertz CT molecular complexity index is 908. The highest BCUT2D eigenvalue weighted by molar-refractivity contribution is 7.16. The van der Waals surface area contributed by atoms with E-state index in [1.54, 1.807) is 16.3 Å². The van der Waals surface area contributed by atoms with Gasteiger partial charge in [-0.15, -0.1) is 0 Å². The first-order valence-corrected chi connectivity index (χ1v) is 9.34. The summed E-state index contributed by atoms with van der Waals surface area (Å²) in [6.07, 6.45) is 5.17. The van der Waals surface area contributed by atoms with Crippen LogP contribution in [0.5, 0.6) is 0 Å². The number of carbonyl (C=O) groups is 2. The van der Waals surface area contributed by atoms with E-state index in [0.29, 0.717) is 35.9 Å². The first kappa shape index (κ1) is 15.9. The van der Waals surface area contributed by atoms with Crippen molar-refractivity contribution in [3.05, 3.63) is 57.2 Å². The van der Waals surface area contributed by atoms with Crippen molar-refractivity contribution in [2.45, 2.75) is 13.0 Å². The minimum atomic E-state index is -0.167. The summed E-state index contributed by atoms with van der Waals surface area (Å²) < 4.78 is 0. The van der Waals surface area contributed by atoms with Gasteiger partial charge >= 0.3 is 0 Å². The van der Waals surface area contributed by atoms with E-state index < -0.39 is 0 Å². The number of nitrogens with zero attached hydrogens (tertiary/aromatic N) is 4. The highest BCUT2D eigenvalue weighted by Crippen LogP contribution is 2.29. The van der Waals surface area contributed by atoms with Gasteiger partial charge in [-0.1, -0.05) is 11.3 Å². The molecule has 1 aliphatic rings. The Kier molecular flexibility index (Phi) is 4.24. The number of rotatable bonds is 3. The van der Waals surface area contributed by atoms with E-state index in [0.717, 1.165) is 10.6 Å². The molecule has 3 aromatic rings. The number of anilines is 1. The van der Waals surface area contributed by atoms with Crippen molar-refractivity contribution in [2.24, 2.45) is 0 Å². The monoisotopic (exact) mass is 371 g/mol. The van der Waals surface area contributed by atoms with Gasteiger partial charge in [-0.05, 0) is 11.4 Å². The molecular weight excluding hydrogens is 358 g/mol. The van der Waals surface area contributed by atoms with Crippen LogP contribution in [0.15, 0.2) is 35.4 Å². The summed E-state index contributed by atoms with van der Waals surface area (Å²) in [5.41, 5.74) is 1.90. The molecule has 25 heavy (non-hydrogen) atoms. The van der Waals surface area contributed by atoms with E-state index in [-0.39, 0.29) is 11.8 Å². The first-order valence-electron chi connectivity index (χ1n) is 7.58. The Balaban J connectivity index is 1.48. The Labute approximate surface area is 151 Å². The van der Waals surface area contributed by atoms with Crippen LogP contribution >= 0.6 is 22.7 Å². The van der Waals surface area contributed by atoms with Gasteiger partial charge < -0.3 is 4.90 Å². The Hall–Kier alpha value is -2.65. The molecule has 4 rings (SSSR count). The summed E-state index contributed by atoms with van der Waals surface area (Å²) in [6, 6.07) is 1.77. The number of thiophene rings is 1. The predicted octanol–water partition coefficient (Wildman–Crippen LogP) is 2.45. The Morgan fingerprint density at radius 2 is 2.20 bits per heavy atom. The van der Waals surface area contributed by atoms with Gasteiger partial charge in [0.1, 0.15) is 5.69 Å². The van der Waals surface area contributed by atoms with E-state index in [1.807, 2.05) is 5.38 Å². The smallest absolute Gasteiger partial charge is 0.274 e. The van der Waals surface area contributed by atoms with Crippen LogP contribution in [0.3, 0.4) is 0 Å². The second-order valence-corrected chi connectivity index (χ2v) is 7.29. The summed E-state index contributed by atoms with van der Waals surface area (Å²) in [5.74, 6) is -0.309. The molecule has 0 fully saturated rings. The van der Waals surface area contributed by atoms with Crippen molar-refractivity contribution in [2.75, 3.05) is 11.9 Å². The van der Waals surface area contributed by atoms with Crippen molar-refractivity contribution in [3.8, 4) is 0 Å². The molecule has 0 bridgehead atoms. The molecule has 7 nitrogen and oxygen atoms in total. The Morgan fingerprint density at radius 3 is 2.96 bits per heavy atom. The second-order valence-electron chi connectivity index (χ2n) is 5.42. The summed E-state index contributed by atoms with van der Waals surface area (Å²) >= 11 is 2.88. The lowest BCUT2D eigenvalue weighted by Crippen LogP contribution is -2.36. The van der Waals surface area contributed by atoms with Crippen LogP contribution in [0.1, 0.15) is 31.4 Å². The van der Waals surface area contributed by atoms with Crippen molar-refractivity contribution in [1.29, 1.82) is 0 Å². The second kappa shape index (κ2) is 6.69. The first-order chi connectivity index (χ1) is 12.2. The van der Waals surface area contributed by atoms with E-state index in [1.165, 1.54) is 41.3 Å². The number of aromatic nitrogens is 3. The lowest BCUT2D eigenvalue weighted by atomic mass is 10.1. The molecule has 0 saturated heterocycles. The average Bonchev–Trinajstić information content (AvgIpc) is 3.30. The van der Waals surface area contributed by atoms with Gasteiger partial charge in [-0.3, -0.25) is 19.9 Å². The largest absolute Gasteiger partial charge is 0.332 e. The van der Waals surface area contributed by atoms with Gasteiger partial charge in [0.15, 0.2) is 5.13 Å². The molecule has 4 heterocycles. The predicted molar refractivity (Wildman–Crippen MR) is 94.9 cm³/mol. The molecule has 0 spiro atoms. The van der Waals surface area contributed by atoms with Crippen LogP contribution in [0.2, 0.25) is 0 Å². The number of nitrogens with one attached hydrogen (secondary N) is 1. The zero-order valence-corrected chi connectivity index (χ0v) is 14.6. The fourth-order valence-corrected chi connectivity index (χ4v) is 4.21. The number of amides is 2. The number of carbonyl (C=O) groups excluding carboxylic acids is 2. The van der Waals surface area contributed by atoms with Gasteiger partial charge in [0.2, 0.25) is 0 Å². The minimum Gasteiger partial charge on any atom is -0.332 e. The lowest BCUT2D eigenvalue weighted by molar-refractivity contribution is 0.0729. The number of fused-ring (bicyclic) bond motifs is 1. The maximum Gasteiger partial charge on any atom is 0.274 e. The van der Waals surface area contributed by atoms with Crippen molar-refractivity contribution < 1.29 is 9.59 Å². The third-order valence-corrected chi connectivity index (χ3v) is 5.49. The van der Waals surface area contributed by atoms with E-state index in [4.69, 9.17) is 0 Å². The van der Waals surface area contributed by atoms with Gasteiger partial charge in [0.25, 0.3) is 11.8 Å². The maximum atomic E-state index is 12.5. The van der Waals surface area contributed by atoms with Gasteiger partial charge in [-0.2, -0.15) is 11.3 Å². The number of hydrogen-bond acceptors (Lipinski definition) is 7. The van der Waals surface area contributed by atoms with Crippen LogP contribution in [0, 0.1) is 0 Å². The molecule has 2 amide bonds. The molecule has 0 saturated carbocycles. The molecule has 1 N–H and O–H groups in total. The topological polar surface area (TPSA) is 88.1 Å². The number of thiazole rings is 1. The van der Waals surface area contributed by atoms with Crippen molar-refractivity contribution in [1.82, 2.24) is 19.9 Å². The van der Waals surface area contributed by atoms with Gasteiger partial charge in [-0.25, -0.2) is 9.97 Å². The zero-order chi connectivity index (χ0) is 17.2. The normalized spacial score (nSPS) is 13.4. The molecule has 126 valence electrons. The van der Waals surface area contributed by atoms with Crippen molar-refractivity contribution >= 4 is 39.6 Å². The number of hydrogen-bond donors (Lipinski definition) is 1. The quantitative estimate of drug-likeness (QED) is 0.764. The zero-order valence-electron chi connectivity index (χ0n) is 13.0. The SMILES string of the molecule is O=C(Nc1nc2c(s1)CN(C(=O)c1cnccn1)CC2)c1ccsc1. The van der Waals surface area contributed by atoms with Gasteiger partial charge in [0.05, 0.1) is 24.0 Å². The third kappa shape index (κ3) is 3.28.